The summed E-state index contributed by atoms with van der Waals surface area (Å²) in [5.74, 6) is -0.756. The van der Waals surface area contributed by atoms with Crippen molar-refractivity contribution in [3.63, 3.8) is 0 Å². The van der Waals surface area contributed by atoms with E-state index in [1.165, 1.54) is 12.1 Å². The van der Waals surface area contributed by atoms with Gasteiger partial charge in [0, 0.05) is 10.5 Å². The zero-order valence-corrected chi connectivity index (χ0v) is 13.8. The Morgan fingerprint density at radius 3 is 2.62 bits per heavy atom. The van der Waals surface area contributed by atoms with Crippen LogP contribution in [0.3, 0.4) is 0 Å². The highest BCUT2D eigenvalue weighted by atomic mass is 79.9. The first-order valence-electron chi connectivity index (χ1n) is 6.64. The van der Waals surface area contributed by atoms with Crippen LogP contribution in [0.25, 0.3) is 0 Å². The van der Waals surface area contributed by atoms with Crippen LogP contribution >= 0.6 is 27.5 Å². The standard InChI is InChI=1S/C16H15BrClF2N/c1-2-21-15(12-4-3-5-13(19)16(12)18)8-10-6-7-11(17)9-14(10)20/h3-7,9,15,21H,2,8H2,1H3. The van der Waals surface area contributed by atoms with Gasteiger partial charge in [-0.05, 0) is 42.3 Å². The molecule has 0 aliphatic carbocycles. The van der Waals surface area contributed by atoms with Crippen molar-refractivity contribution in [1.82, 2.24) is 5.32 Å². The lowest BCUT2D eigenvalue weighted by Gasteiger charge is -2.20. The van der Waals surface area contributed by atoms with Gasteiger partial charge in [0.25, 0.3) is 0 Å². The molecule has 5 heteroatoms. The Labute approximate surface area is 136 Å². The summed E-state index contributed by atoms with van der Waals surface area (Å²) in [6.07, 6.45) is 0.399. The Morgan fingerprint density at radius 1 is 1.19 bits per heavy atom. The summed E-state index contributed by atoms with van der Waals surface area (Å²) in [6.45, 7) is 2.62. The van der Waals surface area contributed by atoms with Gasteiger partial charge in [-0.2, -0.15) is 0 Å². The van der Waals surface area contributed by atoms with Crippen LogP contribution in [-0.2, 0) is 6.42 Å². The third-order valence-electron chi connectivity index (χ3n) is 3.25. The average Bonchev–Trinajstić information content (AvgIpc) is 2.44. The Kier molecular flexibility index (Phi) is 5.73. The summed E-state index contributed by atoms with van der Waals surface area (Å²) >= 11 is 9.27. The minimum absolute atomic E-state index is 0.0842. The maximum Gasteiger partial charge on any atom is 0.142 e. The van der Waals surface area contributed by atoms with Gasteiger partial charge in [0.1, 0.15) is 11.6 Å². The third kappa shape index (κ3) is 4.02. The largest absolute Gasteiger partial charge is 0.310 e. The van der Waals surface area contributed by atoms with Gasteiger partial charge in [-0.25, -0.2) is 8.78 Å². The van der Waals surface area contributed by atoms with E-state index in [1.807, 2.05) is 6.92 Å². The molecule has 0 bridgehead atoms. The van der Waals surface area contributed by atoms with Crippen molar-refractivity contribution in [2.24, 2.45) is 0 Å². The maximum atomic E-state index is 14.0. The fraction of sp³-hybridized carbons (Fsp3) is 0.250. The van der Waals surface area contributed by atoms with Crippen molar-refractivity contribution in [2.75, 3.05) is 6.54 Å². The van der Waals surface area contributed by atoms with E-state index in [9.17, 15) is 8.78 Å². The van der Waals surface area contributed by atoms with E-state index in [0.29, 0.717) is 28.6 Å². The van der Waals surface area contributed by atoms with Crippen molar-refractivity contribution >= 4 is 27.5 Å². The molecule has 0 saturated carbocycles. The van der Waals surface area contributed by atoms with Gasteiger partial charge in [0.15, 0.2) is 0 Å². The Morgan fingerprint density at radius 2 is 1.95 bits per heavy atom. The molecule has 2 rings (SSSR count). The first-order chi connectivity index (χ1) is 10.0. The number of likely N-dealkylation sites (N-methyl/N-ethyl adjacent to an activating group) is 1. The fourth-order valence-corrected chi connectivity index (χ4v) is 2.83. The van der Waals surface area contributed by atoms with Gasteiger partial charge in [0.05, 0.1) is 5.02 Å². The van der Waals surface area contributed by atoms with Crippen LogP contribution in [0.5, 0.6) is 0 Å². The second kappa shape index (κ2) is 7.34. The first kappa shape index (κ1) is 16.4. The van der Waals surface area contributed by atoms with Crippen LogP contribution in [0, 0.1) is 11.6 Å². The molecule has 112 valence electrons. The van der Waals surface area contributed by atoms with Crippen LogP contribution in [-0.4, -0.2) is 6.54 Å². The van der Waals surface area contributed by atoms with Crippen LogP contribution in [0.1, 0.15) is 24.1 Å². The molecule has 0 spiro atoms. The predicted molar refractivity (Wildman–Crippen MR) is 85.6 cm³/mol. The van der Waals surface area contributed by atoms with Crippen LogP contribution in [0.15, 0.2) is 40.9 Å². The molecule has 1 N–H and O–H groups in total. The van der Waals surface area contributed by atoms with Crippen LogP contribution in [0.2, 0.25) is 5.02 Å². The molecule has 1 atom stereocenters. The number of hydrogen-bond donors (Lipinski definition) is 1. The van der Waals surface area contributed by atoms with Crippen LogP contribution in [0.4, 0.5) is 8.78 Å². The van der Waals surface area contributed by atoms with Gasteiger partial charge in [-0.15, -0.1) is 0 Å². The molecular weight excluding hydrogens is 360 g/mol. The number of hydrogen-bond acceptors (Lipinski definition) is 1. The van der Waals surface area contributed by atoms with E-state index in [0.717, 1.165) is 0 Å². The van der Waals surface area contributed by atoms with Crippen LogP contribution < -0.4 is 5.32 Å². The van der Waals surface area contributed by atoms with Crippen molar-refractivity contribution in [3.8, 4) is 0 Å². The lowest BCUT2D eigenvalue weighted by molar-refractivity contribution is 0.523. The maximum absolute atomic E-state index is 14.0. The molecule has 1 nitrogen and oxygen atoms in total. The SMILES string of the molecule is CCNC(Cc1ccc(Br)cc1F)c1cccc(F)c1Cl. The topological polar surface area (TPSA) is 12.0 Å². The highest BCUT2D eigenvalue weighted by Gasteiger charge is 2.18. The number of rotatable bonds is 5. The smallest absolute Gasteiger partial charge is 0.142 e. The van der Waals surface area contributed by atoms with E-state index >= 15 is 0 Å². The zero-order valence-electron chi connectivity index (χ0n) is 11.5. The van der Waals surface area contributed by atoms with E-state index in [2.05, 4.69) is 21.2 Å². The highest BCUT2D eigenvalue weighted by Crippen LogP contribution is 2.29. The molecule has 21 heavy (non-hydrogen) atoms. The van der Waals surface area contributed by atoms with Crippen molar-refractivity contribution < 1.29 is 8.78 Å². The molecule has 0 saturated heterocycles. The minimum Gasteiger partial charge on any atom is -0.310 e. The quantitative estimate of drug-likeness (QED) is 0.751. The molecule has 0 aromatic heterocycles. The first-order valence-corrected chi connectivity index (χ1v) is 7.81. The summed E-state index contributed by atoms with van der Waals surface area (Å²) in [4.78, 5) is 0. The van der Waals surface area contributed by atoms with E-state index in [4.69, 9.17) is 11.6 Å². The normalized spacial score (nSPS) is 12.4. The third-order valence-corrected chi connectivity index (χ3v) is 4.14. The van der Waals surface area contributed by atoms with Gasteiger partial charge < -0.3 is 5.32 Å². The molecule has 2 aromatic rings. The minimum atomic E-state index is -0.464. The van der Waals surface area contributed by atoms with E-state index in [-0.39, 0.29) is 16.9 Å². The van der Waals surface area contributed by atoms with E-state index in [1.54, 1.807) is 24.3 Å². The number of halogens is 4. The fourth-order valence-electron chi connectivity index (χ4n) is 2.24. The summed E-state index contributed by atoms with van der Waals surface area (Å²) in [5, 5.41) is 3.31. The summed E-state index contributed by atoms with van der Waals surface area (Å²) in [5.41, 5.74) is 1.20. The molecule has 0 aliphatic heterocycles. The zero-order chi connectivity index (χ0) is 15.4. The average molecular weight is 375 g/mol. The van der Waals surface area contributed by atoms with Gasteiger partial charge in [0.2, 0.25) is 0 Å². The molecule has 0 heterocycles. The summed E-state index contributed by atoms with van der Waals surface area (Å²) in [7, 11) is 0. The number of nitrogens with one attached hydrogen (secondary N) is 1. The van der Waals surface area contributed by atoms with Crippen molar-refractivity contribution in [2.45, 2.75) is 19.4 Å². The van der Waals surface area contributed by atoms with Gasteiger partial charge >= 0.3 is 0 Å². The lowest BCUT2D eigenvalue weighted by Crippen LogP contribution is -2.24. The Balaban J connectivity index is 2.33. The second-order valence-electron chi connectivity index (χ2n) is 4.69. The molecule has 0 amide bonds. The molecule has 0 aliphatic rings. The van der Waals surface area contributed by atoms with Crippen molar-refractivity contribution in [3.05, 3.63) is 68.7 Å². The number of benzene rings is 2. The van der Waals surface area contributed by atoms with Gasteiger partial charge in [-0.1, -0.05) is 52.7 Å². The Hall–Kier alpha value is -0.970. The summed E-state index contributed by atoms with van der Waals surface area (Å²) < 4.78 is 28.3. The molecule has 1 unspecified atom stereocenters. The molecule has 0 radical (unpaired) electrons. The van der Waals surface area contributed by atoms with Crippen molar-refractivity contribution in [1.29, 1.82) is 0 Å². The predicted octanol–water partition coefficient (Wildman–Crippen LogP) is 5.27. The second-order valence-corrected chi connectivity index (χ2v) is 5.99. The van der Waals surface area contributed by atoms with E-state index < -0.39 is 5.82 Å². The monoisotopic (exact) mass is 373 g/mol. The summed E-state index contributed by atoms with van der Waals surface area (Å²) in [6, 6.07) is 9.37. The molecular formula is C16H15BrClF2N. The van der Waals surface area contributed by atoms with Gasteiger partial charge in [-0.3, -0.25) is 0 Å². The highest BCUT2D eigenvalue weighted by molar-refractivity contribution is 9.10. The Bertz CT molecular complexity index is 634. The lowest BCUT2D eigenvalue weighted by atomic mass is 9.98. The molecule has 0 fully saturated rings. The molecule has 2 aromatic carbocycles.